The van der Waals surface area contributed by atoms with Crippen LogP contribution < -0.4 is 14.8 Å². The van der Waals surface area contributed by atoms with Crippen LogP contribution in [0.1, 0.15) is 17.2 Å². The summed E-state index contributed by atoms with van der Waals surface area (Å²) in [5.74, 6) is 1.43. The van der Waals surface area contributed by atoms with E-state index in [1.54, 1.807) is 0 Å². The summed E-state index contributed by atoms with van der Waals surface area (Å²) in [6, 6.07) is 17.5. The Bertz CT molecular complexity index is 635. The molecule has 0 amide bonds. The summed E-state index contributed by atoms with van der Waals surface area (Å²) in [7, 11) is 0. The van der Waals surface area contributed by atoms with E-state index in [1.165, 1.54) is 0 Å². The topological polar surface area (TPSA) is 54.3 Å². The van der Waals surface area contributed by atoms with Gasteiger partial charge in [0.15, 0.2) is 11.5 Å². The first kappa shape index (κ1) is 12.5. The molecule has 0 aliphatic carbocycles. The third kappa shape index (κ3) is 2.58. The minimum absolute atomic E-state index is 0.244. The van der Waals surface area contributed by atoms with Crippen LogP contribution in [0.4, 0.5) is 0 Å². The summed E-state index contributed by atoms with van der Waals surface area (Å²) < 4.78 is 10.6. The first-order valence-electron chi connectivity index (χ1n) is 6.43. The van der Waals surface area contributed by atoms with Gasteiger partial charge >= 0.3 is 0 Å². The fourth-order valence-corrected chi connectivity index (χ4v) is 2.15. The Labute approximate surface area is 117 Å². The van der Waals surface area contributed by atoms with Crippen LogP contribution in [0.5, 0.6) is 11.5 Å². The van der Waals surface area contributed by atoms with Crippen molar-refractivity contribution in [3.63, 3.8) is 0 Å². The lowest BCUT2D eigenvalue weighted by Crippen LogP contribution is -2.19. The van der Waals surface area contributed by atoms with Gasteiger partial charge in [0, 0.05) is 6.54 Å². The lowest BCUT2D eigenvalue weighted by molar-refractivity contribution is 0.174. The fraction of sp³-hybridized carbons (Fsp3) is 0.188. The summed E-state index contributed by atoms with van der Waals surface area (Å²) in [4.78, 5) is 0. The number of benzene rings is 2. The summed E-state index contributed by atoms with van der Waals surface area (Å²) >= 11 is 0. The van der Waals surface area contributed by atoms with Crippen molar-refractivity contribution in [2.24, 2.45) is 0 Å². The Kier molecular flexibility index (Phi) is 3.53. The van der Waals surface area contributed by atoms with E-state index in [9.17, 15) is 5.26 Å². The zero-order chi connectivity index (χ0) is 13.8. The monoisotopic (exact) mass is 266 g/mol. The number of ether oxygens (including phenoxy) is 2. The normalized spacial score (nSPS) is 13.8. The van der Waals surface area contributed by atoms with Crippen molar-refractivity contribution in [1.29, 1.82) is 5.26 Å². The molecule has 0 aromatic heterocycles. The molecule has 0 radical (unpaired) electrons. The van der Waals surface area contributed by atoms with Gasteiger partial charge in [-0.05, 0) is 23.3 Å². The van der Waals surface area contributed by atoms with Gasteiger partial charge in [0.1, 0.15) is 6.04 Å². The number of nitriles is 1. The summed E-state index contributed by atoms with van der Waals surface area (Å²) in [6.07, 6.45) is 0. The Morgan fingerprint density at radius 3 is 2.70 bits per heavy atom. The van der Waals surface area contributed by atoms with Crippen molar-refractivity contribution >= 4 is 0 Å². The van der Waals surface area contributed by atoms with Crippen molar-refractivity contribution in [3.8, 4) is 17.6 Å². The van der Waals surface area contributed by atoms with Gasteiger partial charge in [-0.15, -0.1) is 0 Å². The molecule has 1 unspecified atom stereocenters. The van der Waals surface area contributed by atoms with Crippen LogP contribution in [-0.4, -0.2) is 6.79 Å². The quantitative estimate of drug-likeness (QED) is 0.924. The lowest BCUT2D eigenvalue weighted by atomic mass is 10.1. The highest BCUT2D eigenvalue weighted by molar-refractivity contribution is 5.46. The molecule has 2 aromatic carbocycles. The zero-order valence-corrected chi connectivity index (χ0v) is 10.9. The van der Waals surface area contributed by atoms with Crippen molar-refractivity contribution in [3.05, 3.63) is 59.7 Å². The Balaban J connectivity index is 1.72. The molecule has 1 heterocycles. The molecule has 4 heteroatoms. The van der Waals surface area contributed by atoms with E-state index >= 15 is 0 Å². The number of rotatable bonds is 4. The molecule has 1 N–H and O–H groups in total. The van der Waals surface area contributed by atoms with Crippen molar-refractivity contribution < 1.29 is 9.47 Å². The maximum absolute atomic E-state index is 9.32. The highest BCUT2D eigenvalue weighted by Crippen LogP contribution is 2.34. The van der Waals surface area contributed by atoms with E-state index in [2.05, 4.69) is 11.4 Å². The lowest BCUT2D eigenvalue weighted by Gasteiger charge is -2.12. The number of fused-ring (bicyclic) bond motifs is 1. The van der Waals surface area contributed by atoms with E-state index in [0.29, 0.717) is 12.3 Å². The third-order valence-corrected chi connectivity index (χ3v) is 3.21. The standard InChI is InChI=1S/C16H14N2O2/c17-9-14(18-10-12-4-2-1-3-5-12)13-6-7-15-16(8-13)20-11-19-15/h1-8,14,18H,10-11H2. The molecule has 0 spiro atoms. The van der Waals surface area contributed by atoms with Crippen molar-refractivity contribution in [1.82, 2.24) is 5.32 Å². The fourth-order valence-electron chi connectivity index (χ4n) is 2.15. The van der Waals surface area contributed by atoms with Crippen LogP contribution in [0.25, 0.3) is 0 Å². The predicted molar refractivity (Wildman–Crippen MR) is 74.2 cm³/mol. The first-order valence-corrected chi connectivity index (χ1v) is 6.43. The molecule has 0 fully saturated rings. The van der Waals surface area contributed by atoms with E-state index in [1.807, 2.05) is 48.5 Å². The van der Waals surface area contributed by atoms with Crippen LogP contribution in [0.15, 0.2) is 48.5 Å². The molecule has 20 heavy (non-hydrogen) atoms. The first-order chi connectivity index (χ1) is 9.86. The third-order valence-electron chi connectivity index (χ3n) is 3.21. The molecule has 3 rings (SSSR count). The number of nitrogens with zero attached hydrogens (tertiary/aromatic N) is 1. The molecule has 0 saturated carbocycles. The van der Waals surface area contributed by atoms with E-state index in [-0.39, 0.29) is 12.8 Å². The summed E-state index contributed by atoms with van der Waals surface area (Å²) in [5.41, 5.74) is 2.03. The average molecular weight is 266 g/mol. The largest absolute Gasteiger partial charge is 0.454 e. The van der Waals surface area contributed by atoms with Gasteiger partial charge in [-0.3, -0.25) is 5.32 Å². The summed E-state index contributed by atoms with van der Waals surface area (Å²) in [5, 5.41) is 12.6. The minimum Gasteiger partial charge on any atom is -0.454 e. The van der Waals surface area contributed by atoms with Crippen LogP contribution in [0, 0.1) is 11.3 Å². The van der Waals surface area contributed by atoms with Gasteiger partial charge in [-0.2, -0.15) is 5.26 Å². The van der Waals surface area contributed by atoms with E-state index in [4.69, 9.17) is 9.47 Å². The van der Waals surface area contributed by atoms with Gasteiger partial charge in [0.05, 0.1) is 6.07 Å². The smallest absolute Gasteiger partial charge is 0.231 e. The Hall–Kier alpha value is -2.51. The van der Waals surface area contributed by atoms with Gasteiger partial charge < -0.3 is 9.47 Å². The molecule has 4 nitrogen and oxygen atoms in total. The second-order valence-electron chi connectivity index (χ2n) is 4.54. The van der Waals surface area contributed by atoms with Crippen molar-refractivity contribution in [2.45, 2.75) is 12.6 Å². The van der Waals surface area contributed by atoms with Crippen LogP contribution >= 0.6 is 0 Å². The molecule has 1 atom stereocenters. The second kappa shape index (κ2) is 5.64. The predicted octanol–water partition coefficient (Wildman–Crippen LogP) is 2.77. The van der Waals surface area contributed by atoms with Crippen LogP contribution in [-0.2, 0) is 6.54 Å². The number of nitrogens with one attached hydrogen (secondary N) is 1. The molecule has 100 valence electrons. The Morgan fingerprint density at radius 1 is 1.10 bits per heavy atom. The van der Waals surface area contributed by atoms with Gasteiger partial charge in [0.2, 0.25) is 6.79 Å². The molecular weight excluding hydrogens is 252 g/mol. The van der Waals surface area contributed by atoms with Gasteiger partial charge in [-0.25, -0.2) is 0 Å². The minimum atomic E-state index is -0.371. The second-order valence-corrected chi connectivity index (χ2v) is 4.54. The average Bonchev–Trinajstić information content (AvgIpc) is 2.96. The molecule has 0 bridgehead atoms. The Morgan fingerprint density at radius 2 is 1.90 bits per heavy atom. The zero-order valence-electron chi connectivity index (χ0n) is 10.9. The molecule has 1 aliphatic heterocycles. The molecule has 2 aromatic rings. The maximum atomic E-state index is 9.32. The van der Waals surface area contributed by atoms with Crippen molar-refractivity contribution in [2.75, 3.05) is 6.79 Å². The maximum Gasteiger partial charge on any atom is 0.231 e. The molecule has 0 saturated heterocycles. The van der Waals surface area contributed by atoms with Crippen LogP contribution in [0.3, 0.4) is 0 Å². The van der Waals surface area contributed by atoms with Gasteiger partial charge in [-0.1, -0.05) is 36.4 Å². The number of hydrogen-bond acceptors (Lipinski definition) is 4. The van der Waals surface area contributed by atoms with Gasteiger partial charge in [0.25, 0.3) is 0 Å². The number of hydrogen-bond donors (Lipinski definition) is 1. The summed E-state index contributed by atoms with van der Waals surface area (Å²) in [6.45, 7) is 0.890. The van der Waals surface area contributed by atoms with E-state index in [0.717, 1.165) is 16.9 Å². The SMILES string of the molecule is N#CC(NCc1ccccc1)c1ccc2c(c1)OCO2. The molecule has 1 aliphatic rings. The highest BCUT2D eigenvalue weighted by atomic mass is 16.7. The van der Waals surface area contributed by atoms with E-state index < -0.39 is 0 Å². The molecular formula is C16H14N2O2. The van der Waals surface area contributed by atoms with Crippen LogP contribution in [0.2, 0.25) is 0 Å². The highest BCUT2D eigenvalue weighted by Gasteiger charge is 2.17.